The molecule has 0 bridgehead atoms. The number of hydrogen-bond acceptors (Lipinski definition) is 3. The second kappa shape index (κ2) is 9.25. The maximum Gasteiger partial charge on any atom is 0.119 e. The summed E-state index contributed by atoms with van der Waals surface area (Å²) in [6, 6.07) is 22.9. The fraction of sp³-hybridized carbons (Fsp3) is 0.304. The zero-order valence-electron chi connectivity index (χ0n) is 15.5. The van der Waals surface area contributed by atoms with Gasteiger partial charge in [0.05, 0.1) is 12.4 Å². The fourth-order valence-electron chi connectivity index (χ4n) is 3.09. The van der Waals surface area contributed by atoms with E-state index >= 15 is 0 Å². The molecule has 0 aliphatic rings. The topological polar surface area (TPSA) is 34.4 Å². The van der Waals surface area contributed by atoms with Crippen LogP contribution in [0.25, 0.3) is 0 Å². The summed E-state index contributed by atoms with van der Waals surface area (Å²) in [5, 5.41) is 3.54. The summed E-state index contributed by atoms with van der Waals surface area (Å²) in [5.41, 5.74) is 2.55. The molecule has 0 saturated carbocycles. The first-order chi connectivity index (χ1) is 12.7. The lowest BCUT2D eigenvalue weighted by Gasteiger charge is -2.16. The van der Waals surface area contributed by atoms with Gasteiger partial charge in [-0.3, -0.25) is 0 Å². The van der Waals surface area contributed by atoms with Gasteiger partial charge in [0.2, 0.25) is 0 Å². The van der Waals surface area contributed by atoms with Crippen molar-refractivity contribution in [3.63, 3.8) is 0 Å². The molecule has 3 nitrogen and oxygen atoms in total. The van der Waals surface area contributed by atoms with Crippen molar-refractivity contribution in [2.75, 3.05) is 6.54 Å². The summed E-state index contributed by atoms with van der Waals surface area (Å²) in [6.07, 6.45) is 2.95. The van der Waals surface area contributed by atoms with E-state index in [2.05, 4.69) is 47.8 Å². The number of benzene rings is 2. The molecule has 136 valence electrons. The first-order valence-corrected chi connectivity index (χ1v) is 9.27. The predicted molar refractivity (Wildman–Crippen MR) is 106 cm³/mol. The van der Waals surface area contributed by atoms with Gasteiger partial charge in [-0.2, -0.15) is 0 Å². The summed E-state index contributed by atoms with van der Waals surface area (Å²) < 4.78 is 11.4. The Kier molecular flexibility index (Phi) is 6.50. The van der Waals surface area contributed by atoms with Crippen molar-refractivity contribution < 1.29 is 9.15 Å². The summed E-state index contributed by atoms with van der Waals surface area (Å²) >= 11 is 0. The van der Waals surface area contributed by atoms with Crippen molar-refractivity contribution >= 4 is 0 Å². The van der Waals surface area contributed by atoms with E-state index in [4.69, 9.17) is 9.15 Å². The van der Waals surface area contributed by atoms with Gasteiger partial charge in [0.25, 0.3) is 0 Å². The largest absolute Gasteiger partial charge is 0.491 e. The molecule has 1 aromatic heterocycles. The molecule has 0 amide bonds. The molecule has 1 N–H and O–H groups in total. The molecule has 0 spiro atoms. The Bertz CT molecular complexity index is 749. The van der Waals surface area contributed by atoms with Crippen LogP contribution in [0.5, 0.6) is 5.75 Å². The van der Waals surface area contributed by atoms with Crippen LogP contribution in [-0.4, -0.2) is 12.6 Å². The van der Waals surface area contributed by atoms with E-state index < -0.39 is 0 Å². The number of furan rings is 1. The van der Waals surface area contributed by atoms with Gasteiger partial charge in [-0.1, -0.05) is 42.5 Å². The maximum absolute atomic E-state index is 5.69. The Morgan fingerprint density at radius 1 is 0.923 bits per heavy atom. The Morgan fingerprint density at radius 2 is 1.69 bits per heavy atom. The van der Waals surface area contributed by atoms with E-state index in [1.807, 2.05) is 38.1 Å². The molecule has 1 heterocycles. The average molecular weight is 349 g/mol. The van der Waals surface area contributed by atoms with E-state index in [9.17, 15) is 0 Å². The summed E-state index contributed by atoms with van der Waals surface area (Å²) in [4.78, 5) is 0. The van der Waals surface area contributed by atoms with Crippen molar-refractivity contribution in [2.24, 2.45) is 0 Å². The zero-order valence-corrected chi connectivity index (χ0v) is 15.5. The van der Waals surface area contributed by atoms with Gasteiger partial charge in [0.15, 0.2) is 0 Å². The Morgan fingerprint density at radius 3 is 2.35 bits per heavy atom. The molecule has 0 aliphatic carbocycles. The Labute approximate surface area is 156 Å². The minimum absolute atomic E-state index is 0.204. The molecular formula is C23H27NO2. The van der Waals surface area contributed by atoms with Crippen molar-refractivity contribution in [3.8, 4) is 5.75 Å². The summed E-state index contributed by atoms with van der Waals surface area (Å²) in [7, 11) is 0. The monoisotopic (exact) mass is 349 g/mol. The minimum atomic E-state index is 0.204. The SMILES string of the molecule is CC(C)Oc1ccc(CNCC[C@@H](c2ccccc2)c2ccco2)cc1. The van der Waals surface area contributed by atoms with Crippen LogP contribution in [0.15, 0.2) is 77.4 Å². The summed E-state index contributed by atoms with van der Waals surface area (Å²) in [6.45, 7) is 5.85. The van der Waals surface area contributed by atoms with Crippen LogP contribution in [0.4, 0.5) is 0 Å². The molecular weight excluding hydrogens is 322 g/mol. The number of ether oxygens (including phenoxy) is 1. The van der Waals surface area contributed by atoms with Gasteiger partial charge in [0.1, 0.15) is 11.5 Å². The second-order valence-corrected chi connectivity index (χ2v) is 6.75. The Hall–Kier alpha value is -2.52. The smallest absolute Gasteiger partial charge is 0.119 e. The average Bonchev–Trinajstić information content (AvgIpc) is 3.18. The first kappa shape index (κ1) is 18.3. The van der Waals surface area contributed by atoms with E-state index in [-0.39, 0.29) is 12.0 Å². The van der Waals surface area contributed by atoms with Crippen LogP contribution in [-0.2, 0) is 6.54 Å². The molecule has 0 radical (unpaired) electrons. The van der Waals surface area contributed by atoms with Gasteiger partial charge < -0.3 is 14.5 Å². The zero-order chi connectivity index (χ0) is 18.2. The molecule has 0 fully saturated rings. The van der Waals surface area contributed by atoms with E-state index in [0.717, 1.165) is 31.0 Å². The molecule has 1 atom stereocenters. The predicted octanol–water partition coefficient (Wildman–Crippen LogP) is 5.38. The van der Waals surface area contributed by atoms with Crippen LogP contribution in [0.1, 0.15) is 43.1 Å². The van der Waals surface area contributed by atoms with Crippen LogP contribution >= 0.6 is 0 Å². The lowest BCUT2D eigenvalue weighted by molar-refractivity contribution is 0.242. The highest BCUT2D eigenvalue weighted by atomic mass is 16.5. The third-order valence-corrected chi connectivity index (χ3v) is 4.32. The number of rotatable bonds is 9. The molecule has 3 heteroatoms. The van der Waals surface area contributed by atoms with Gasteiger partial charge >= 0.3 is 0 Å². The van der Waals surface area contributed by atoms with E-state index in [1.165, 1.54) is 11.1 Å². The third-order valence-electron chi connectivity index (χ3n) is 4.32. The van der Waals surface area contributed by atoms with Crippen molar-refractivity contribution in [2.45, 2.75) is 38.8 Å². The molecule has 3 rings (SSSR count). The highest BCUT2D eigenvalue weighted by molar-refractivity contribution is 5.28. The van der Waals surface area contributed by atoms with Crippen molar-refractivity contribution in [1.29, 1.82) is 0 Å². The number of nitrogens with one attached hydrogen (secondary N) is 1. The van der Waals surface area contributed by atoms with Crippen LogP contribution < -0.4 is 10.1 Å². The van der Waals surface area contributed by atoms with Gasteiger partial charge in [0, 0.05) is 12.5 Å². The van der Waals surface area contributed by atoms with E-state index in [0.29, 0.717) is 0 Å². The van der Waals surface area contributed by atoms with Crippen molar-refractivity contribution in [3.05, 3.63) is 89.9 Å². The standard InChI is InChI=1S/C23H27NO2/c1-18(2)26-21-12-10-19(11-13-21)17-24-15-14-22(23-9-6-16-25-23)20-7-4-3-5-8-20/h3-13,16,18,22,24H,14-15,17H2,1-2H3/t22-/m0/s1. The molecule has 2 aromatic carbocycles. The molecule has 3 aromatic rings. The third kappa shape index (κ3) is 5.24. The van der Waals surface area contributed by atoms with Gasteiger partial charge in [-0.05, 0) is 62.2 Å². The van der Waals surface area contributed by atoms with Crippen molar-refractivity contribution in [1.82, 2.24) is 5.32 Å². The molecule has 0 unspecified atom stereocenters. The first-order valence-electron chi connectivity index (χ1n) is 9.27. The highest BCUT2D eigenvalue weighted by Crippen LogP contribution is 2.27. The Balaban J connectivity index is 1.52. The molecule has 0 aliphatic heterocycles. The minimum Gasteiger partial charge on any atom is -0.491 e. The van der Waals surface area contributed by atoms with Crippen LogP contribution in [0, 0.1) is 0 Å². The lowest BCUT2D eigenvalue weighted by Crippen LogP contribution is -2.17. The van der Waals surface area contributed by atoms with E-state index in [1.54, 1.807) is 6.26 Å². The van der Waals surface area contributed by atoms with Crippen LogP contribution in [0.3, 0.4) is 0 Å². The number of hydrogen-bond donors (Lipinski definition) is 1. The van der Waals surface area contributed by atoms with Crippen LogP contribution in [0.2, 0.25) is 0 Å². The maximum atomic E-state index is 5.69. The molecule has 0 saturated heterocycles. The van der Waals surface area contributed by atoms with Gasteiger partial charge in [-0.25, -0.2) is 0 Å². The lowest BCUT2D eigenvalue weighted by atomic mass is 9.93. The summed E-state index contributed by atoms with van der Waals surface area (Å²) in [5.74, 6) is 2.22. The quantitative estimate of drug-likeness (QED) is 0.527. The second-order valence-electron chi connectivity index (χ2n) is 6.75. The fourth-order valence-corrected chi connectivity index (χ4v) is 3.09. The molecule has 26 heavy (non-hydrogen) atoms. The van der Waals surface area contributed by atoms with Gasteiger partial charge in [-0.15, -0.1) is 0 Å². The highest BCUT2D eigenvalue weighted by Gasteiger charge is 2.16. The normalized spacial score (nSPS) is 12.3.